The summed E-state index contributed by atoms with van der Waals surface area (Å²) >= 11 is 12.6. The number of piperazine rings is 1. The fraction of sp³-hybridized carbons (Fsp3) is 0.273. The van der Waals surface area contributed by atoms with Gasteiger partial charge in [0.1, 0.15) is 5.75 Å². The second-order valence-corrected chi connectivity index (χ2v) is 7.67. The molecule has 0 saturated carbocycles. The Hall–Kier alpha value is -2.50. The molecule has 2 amide bonds. The van der Waals surface area contributed by atoms with E-state index in [2.05, 4.69) is 6.58 Å². The number of nitrogens with zero attached hydrogens (tertiary/aromatic N) is 2. The number of aryl methyl sites for hydroxylation is 1. The highest BCUT2D eigenvalue weighted by Crippen LogP contribution is 2.37. The van der Waals surface area contributed by atoms with Crippen LogP contribution in [0.3, 0.4) is 0 Å². The van der Waals surface area contributed by atoms with E-state index >= 15 is 0 Å². The van der Waals surface area contributed by atoms with E-state index in [1.54, 1.807) is 21.9 Å². The lowest BCUT2D eigenvalue weighted by Gasteiger charge is -2.34. The molecule has 7 heteroatoms. The molecule has 0 atom stereocenters. The van der Waals surface area contributed by atoms with Crippen LogP contribution >= 0.6 is 23.2 Å². The lowest BCUT2D eigenvalue weighted by molar-refractivity contribution is -0.137. The predicted octanol–water partition coefficient (Wildman–Crippen LogP) is 4.16. The summed E-state index contributed by atoms with van der Waals surface area (Å²) < 4.78 is 0. The van der Waals surface area contributed by atoms with Crippen molar-refractivity contribution in [3.63, 3.8) is 0 Å². The van der Waals surface area contributed by atoms with E-state index in [0.717, 1.165) is 5.56 Å². The van der Waals surface area contributed by atoms with E-state index in [1.807, 2.05) is 18.2 Å². The molecule has 1 fully saturated rings. The molecule has 1 aliphatic heterocycles. The van der Waals surface area contributed by atoms with Gasteiger partial charge < -0.3 is 14.9 Å². The van der Waals surface area contributed by atoms with Crippen LogP contribution in [0.25, 0.3) is 11.1 Å². The van der Waals surface area contributed by atoms with Crippen molar-refractivity contribution in [2.45, 2.75) is 12.8 Å². The van der Waals surface area contributed by atoms with Gasteiger partial charge in [-0.3, -0.25) is 9.59 Å². The minimum atomic E-state index is -0.115. The van der Waals surface area contributed by atoms with Crippen molar-refractivity contribution in [2.75, 3.05) is 26.2 Å². The van der Waals surface area contributed by atoms with Crippen LogP contribution in [0.1, 0.15) is 12.0 Å². The molecule has 0 aromatic heterocycles. The maximum atomic E-state index is 12.6. The third-order valence-electron chi connectivity index (χ3n) is 5.06. The van der Waals surface area contributed by atoms with Crippen LogP contribution in [0.4, 0.5) is 0 Å². The molecule has 5 nitrogen and oxygen atoms in total. The molecule has 3 rings (SSSR count). The Morgan fingerprint density at radius 2 is 1.66 bits per heavy atom. The summed E-state index contributed by atoms with van der Waals surface area (Å²) in [5, 5.41) is 11.2. The molecule has 0 unspecified atom stereocenters. The number of rotatable bonds is 5. The van der Waals surface area contributed by atoms with E-state index < -0.39 is 0 Å². The van der Waals surface area contributed by atoms with Gasteiger partial charge in [0.15, 0.2) is 0 Å². The van der Waals surface area contributed by atoms with Crippen molar-refractivity contribution in [1.29, 1.82) is 0 Å². The first kappa shape index (κ1) is 21.2. The highest BCUT2D eigenvalue weighted by Gasteiger charge is 2.23. The Balaban J connectivity index is 1.67. The number of benzene rings is 2. The quantitative estimate of drug-likeness (QED) is 0.721. The standard InChI is InChI=1S/C22H22Cl2N2O3/c1-2-21(28)25-9-11-26(12-10-25)22(29)8-7-15-13-17(19(24)14-20(15)27)16-5-3-4-6-18(16)23/h2-6,13-14,27H,1,7-12H2. The second kappa shape index (κ2) is 9.33. The van der Waals surface area contributed by atoms with E-state index in [-0.39, 0.29) is 24.0 Å². The van der Waals surface area contributed by atoms with Gasteiger partial charge >= 0.3 is 0 Å². The SMILES string of the molecule is C=CC(=O)N1CCN(C(=O)CCc2cc(-c3ccccc3Cl)c(Cl)cc2O)CC1. The second-order valence-electron chi connectivity index (χ2n) is 6.85. The topological polar surface area (TPSA) is 60.9 Å². The van der Waals surface area contributed by atoms with Crippen molar-refractivity contribution < 1.29 is 14.7 Å². The van der Waals surface area contributed by atoms with E-state index in [1.165, 1.54) is 12.1 Å². The number of carbonyl (C=O) groups excluding carboxylic acids is 2. The number of hydrogen-bond donors (Lipinski definition) is 1. The predicted molar refractivity (Wildman–Crippen MR) is 115 cm³/mol. The zero-order valence-electron chi connectivity index (χ0n) is 15.9. The van der Waals surface area contributed by atoms with Crippen LogP contribution in [-0.2, 0) is 16.0 Å². The molecule has 0 bridgehead atoms. The largest absolute Gasteiger partial charge is 0.508 e. The number of carbonyl (C=O) groups is 2. The van der Waals surface area contributed by atoms with Gasteiger partial charge in [0.05, 0.1) is 5.02 Å². The van der Waals surface area contributed by atoms with Gasteiger partial charge in [-0.15, -0.1) is 0 Å². The summed E-state index contributed by atoms with van der Waals surface area (Å²) in [4.78, 5) is 27.6. The van der Waals surface area contributed by atoms with E-state index in [0.29, 0.717) is 53.8 Å². The fourth-order valence-corrected chi connectivity index (χ4v) is 3.90. The molecule has 0 radical (unpaired) electrons. The first-order valence-electron chi connectivity index (χ1n) is 9.36. The molecule has 1 saturated heterocycles. The minimum absolute atomic E-state index is 0.00987. The summed E-state index contributed by atoms with van der Waals surface area (Å²) in [5.41, 5.74) is 2.13. The van der Waals surface area contributed by atoms with Gasteiger partial charge in [-0.1, -0.05) is 48.0 Å². The Kier molecular flexibility index (Phi) is 6.83. The Labute approximate surface area is 180 Å². The molecule has 152 valence electrons. The van der Waals surface area contributed by atoms with E-state index in [9.17, 15) is 14.7 Å². The molecule has 2 aromatic rings. The number of aromatic hydroxyl groups is 1. The lowest BCUT2D eigenvalue weighted by Crippen LogP contribution is -2.50. The molecule has 29 heavy (non-hydrogen) atoms. The smallest absolute Gasteiger partial charge is 0.246 e. The zero-order valence-corrected chi connectivity index (χ0v) is 17.4. The number of amides is 2. The monoisotopic (exact) mass is 432 g/mol. The van der Waals surface area contributed by atoms with Gasteiger partial charge in [0, 0.05) is 48.7 Å². The first-order chi connectivity index (χ1) is 13.9. The third kappa shape index (κ3) is 4.92. The van der Waals surface area contributed by atoms with Crippen molar-refractivity contribution in [3.8, 4) is 16.9 Å². The maximum absolute atomic E-state index is 12.6. The van der Waals surface area contributed by atoms with Crippen LogP contribution < -0.4 is 0 Å². The highest BCUT2D eigenvalue weighted by molar-refractivity contribution is 6.36. The third-order valence-corrected chi connectivity index (χ3v) is 5.70. The lowest BCUT2D eigenvalue weighted by atomic mass is 9.99. The molecule has 1 N–H and O–H groups in total. The van der Waals surface area contributed by atoms with Crippen LogP contribution in [-0.4, -0.2) is 52.9 Å². The summed E-state index contributed by atoms with van der Waals surface area (Å²) in [6, 6.07) is 10.6. The van der Waals surface area contributed by atoms with Crippen molar-refractivity contribution in [3.05, 3.63) is 64.7 Å². The molecule has 1 heterocycles. The van der Waals surface area contributed by atoms with Gasteiger partial charge in [0.2, 0.25) is 11.8 Å². The van der Waals surface area contributed by atoms with Crippen LogP contribution in [0.2, 0.25) is 10.0 Å². The van der Waals surface area contributed by atoms with Crippen LogP contribution in [0.15, 0.2) is 49.1 Å². The van der Waals surface area contributed by atoms with Crippen molar-refractivity contribution in [1.82, 2.24) is 9.80 Å². The molecular weight excluding hydrogens is 411 g/mol. The zero-order chi connectivity index (χ0) is 21.0. The van der Waals surface area contributed by atoms with E-state index in [4.69, 9.17) is 23.2 Å². The number of hydrogen-bond acceptors (Lipinski definition) is 3. The molecule has 0 spiro atoms. The van der Waals surface area contributed by atoms with Gasteiger partial charge in [-0.2, -0.15) is 0 Å². The summed E-state index contributed by atoms with van der Waals surface area (Å²) in [6.45, 7) is 5.48. The van der Waals surface area contributed by atoms with Gasteiger partial charge in [-0.05, 0) is 36.3 Å². The van der Waals surface area contributed by atoms with Crippen LogP contribution in [0.5, 0.6) is 5.75 Å². The van der Waals surface area contributed by atoms with Gasteiger partial charge in [0.25, 0.3) is 0 Å². The molecule has 2 aromatic carbocycles. The number of halogens is 2. The average molecular weight is 433 g/mol. The number of phenolic OH excluding ortho intramolecular Hbond substituents is 1. The Morgan fingerprint density at radius 1 is 1.00 bits per heavy atom. The van der Waals surface area contributed by atoms with Crippen molar-refractivity contribution >= 4 is 35.0 Å². The summed E-state index contributed by atoms with van der Waals surface area (Å²) in [6.07, 6.45) is 1.93. The van der Waals surface area contributed by atoms with Crippen LogP contribution in [0, 0.1) is 0 Å². The summed E-state index contributed by atoms with van der Waals surface area (Å²) in [7, 11) is 0. The normalized spacial score (nSPS) is 14.0. The highest BCUT2D eigenvalue weighted by atomic mass is 35.5. The summed E-state index contributed by atoms with van der Waals surface area (Å²) in [5.74, 6) is -0.0698. The molecular formula is C22H22Cl2N2O3. The van der Waals surface area contributed by atoms with Gasteiger partial charge in [-0.25, -0.2) is 0 Å². The Morgan fingerprint density at radius 3 is 2.31 bits per heavy atom. The molecule has 0 aliphatic carbocycles. The Bertz CT molecular complexity index is 938. The fourth-order valence-electron chi connectivity index (χ4n) is 3.40. The first-order valence-corrected chi connectivity index (χ1v) is 10.1. The number of phenols is 1. The average Bonchev–Trinajstić information content (AvgIpc) is 2.73. The maximum Gasteiger partial charge on any atom is 0.246 e. The molecule has 1 aliphatic rings. The minimum Gasteiger partial charge on any atom is -0.508 e. The van der Waals surface area contributed by atoms with Crippen molar-refractivity contribution in [2.24, 2.45) is 0 Å².